The topological polar surface area (TPSA) is 0 Å². The van der Waals surface area contributed by atoms with Crippen molar-refractivity contribution in [2.75, 3.05) is 0 Å². The molecule has 1 saturated carbocycles. The maximum Gasteiger partial charge on any atom is 0.0650 e. The van der Waals surface area contributed by atoms with E-state index in [4.69, 9.17) is 0 Å². The molecule has 1 fully saturated rings. The summed E-state index contributed by atoms with van der Waals surface area (Å²) in [6.07, 6.45) is 1.21. The maximum atomic E-state index is 3.91. The quantitative estimate of drug-likeness (QED) is 0.588. The highest BCUT2D eigenvalue weighted by Crippen LogP contribution is 2.64. The highest BCUT2D eigenvalue weighted by atomic mass is 79.9. The minimum Gasteiger partial charge on any atom is -0.0871 e. The monoisotopic (exact) mass is 378 g/mol. The molecule has 0 nitrogen and oxygen atoms in total. The Morgan fingerprint density at radius 1 is 1.21 bits per heavy atom. The van der Waals surface area contributed by atoms with Crippen LogP contribution in [0.4, 0.5) is 0 Å². The van der Waals surface area contributed by atoms with Crippen LogP contribution < -0.4 is 0 Å². The smallest absolute Gasteiger partial charge is 0.0650 e. The first-order valence-electron chi connectivity index (χ1n) is 4.71. The molecule has 0 N–H and O–H groups in total. The molecule has 2 bridgehead atoms. The number of hydrogen-bond donors (Lipinski definition) is 0. The number of rotatable bonds is 0. The molecule has 0 amide bonds. The van der Waals surface area contributed by atoms with Crippen molar-refractivity contribution < 1.29 is 0 Å². The van der Waals surface area contributed by atoms with Crippen molar-refractivity contribution in [3.05, 3.63) is 35.4 Å². The van der Waals surface area contributed by atoms with E-state index in [1.165, 1.54) is 17.5 Å². The molecule has 0 radical (unpaired) electrons. The fraction of sp³-hybridized carbons (Fsp3) is 0.455. The Kier molecular flexibility index (Phi) is 2.17. The van der Waals surface area contributed by atoms with Gasteiger partial charge in [0, 0.05) is 9.65 Å². The molecule has 2 aliphatic carbocycles. The van der Waals surface area contributed by atoms with E-state index in [0.717, 1.165) is 0 Å². The highest BCUT2D eigenvalue weighted by Gasteiger charge is 2.57. The summed E-state index contributed by atoms with van der Waals surface area (Å²) in [5.41, 5.74) is 2.99. The van der Waals surface area contributed by atoms with Gasteiger partial charge in [-0.3, -0.25) is 0 Å². The van der Waals surface area contributed by atoms with Crippen molar-refractivity contribution >= 4 is 47.8 Å². The molecule has 1 aromatic carbocycles. The van der Waals surface area contributed by atoms with E-state index in [1.807, 2.05) is 0 Å². The second-order valence-electron chi connectivity index (χ2n) is 4.11. The van der Waals surface area contributed by atoms with Crippen molar-refractivity contribution in [2.24, 2.45) is 0 Å². The van der Waals surface area contributed by atoms with Crippen LogP contribution in [-0.4, -0.2) is 9.65 Å². The first-order chi connectivity index (χ1) is 6.64. The van der Waals surface area contributed by atoms with Gasteiger partial charge < -0.3 is 0 Å². The van der Waals surface area contributed by atoms with Crippen molar-refractivity contribution in [2.45, 2.75) is 26.3 Å². The standard InChI is InChI=1S/C11H9Br3/c12-9-7-5-11(14,10(9)13)8-4-2-1-3-6(7)8/h1-4,7,9-10H,5H2. The van der Waals surface area contributed by atoms with E-state index in [0.29, 0.717) is 15.6 Å². The van der Waals surface area contributed by atoms with Gasteiger partial charge in [-0.1, -0.05) is 72.1 Å². The minimum absolute atomic E-state index is 0.155. The number of halogens is 3. The summed E-state index contributed by atoms with van der Waals surface area (Å²) in [6, 6.07) is 8.78. The lowest BCUT2D eigenvalue weighted by Crippen LogP contribution is -2.30. The van der Waals surface area contributed by atoms with E-state index in [1.54, 1.807) is 0 Å². The van der Waals surface area contributed by atoms with E-state index in [-0.39, 0.29) is 4.32 Å². The molecule has 74 valence electrons. The second-order valence-corrected chi connectivity index (χ2v) is 7.57. The summed E-state index contributed by atoms with van der Waals surface area (Å²) in [6.45, 7) is 0. The highest BCUT2D eigenvalue weighted by molar-refractivity contribution is 9.13. The van der Waals surface area contributed by atoms with Crippen molar-refractivity contribution in [1.29, 1.82) is 0 Å². The van der Waals surface area contributed by atoms with Crippen LogP contribution in [0.1, 0.15) is 23.5 Å². The zero-order valence-electron chi connectivity index (χ0n) is 7.38. The summed E-state index contributed by atoms with van der Waals surface area (Å²) >= 11 is 11.5. The Bertz CT molecular complexity index is 390. The lowest BCUT2D eigenvalue weighted by molar-refractivity contribution is 0.714. The summed E-state index contributed by atoms with van der Waals surface area (Å²) in [5.74, 6) is 0.662. The van der Waals surface area contributed by atoms with Crippen LogP contribution in [0.2, 0.25) is 0 Å². The molecule has 0 aliphatic heterocycles. The molecule has 0 spiro atoms. The number of fused-ring (bicyclic) bond motifs is 5. The van der Waals surface area contributed by atoms with Gasteiger partial charge in [-0.05, 0) is 23.5 Å². The molecular formula is C11H9Br3. The van der Waals surface area contributed by atoms with Gasteiger partial charge in [-0.25, -0.2) is 0 Å². The number of hydrogen-bond acceptors (Lipinski definition) is 0. The van der Waals surface area contributed by atoms with Gasteiger partial charge in [0.25, 0.3) is 0 Å². The van der Waals surface area contributed by atoms with Gasteiger partial charge in [0.05, 0.1) is 4.32 Å². The molecule has 0 aromatic heterocycles. The van der Waals surface area contributed by atoms with Crippen LogP contribution in [0.3, 0.4) is 0 Å². The largest absolute Gasteiger partial charge is 0.0871 e. The van der Waals surface area contributed by atoms with Gasteiger partial charge in [-0.2, -0.15) is 0 Å². The zero-order valence-corrected chi connectivity index (χ0v) is 12.1. The Hall–Kier alpha value is 0.660. The summed E-state index contributed by atoms with van der Waals surface area (Å²) in [5, 5.41) is 0. The predicted octanol–water partition coefficient (Wildman–Crippen LogP) is 4.30. The molecule has 3 heteroatoms. The van der Waals surface area contributed by atoms with E-state index >= 15 is 0 Å². The fourth-order valence-corrected chi connectivity index (χ4v) is 5.81. The number of benzene rings is 1. The third-order valence-corrected chi connectivity index (χ3v) is 8.51. The van der Waals surface area contributed by atoms with Crippen molar-refractivity contribution in [3.8, 4) is 0 Å². The Morgan fingerprint density at radius 2 is 1.93 bits per heavy atom. The van der Waals surface area contributed by atoms with Gasteiger partial charge in [-0.15, -0.1) is 0 Å². The second kappa shape index (κ2) is 3.08. The Balaban J connectivity index is 2.24. The van der Waals surface area contributed by atoms with Crippen molar-refractivity contribution in [3.63, 3.8) is 0 Å². The van der Waals surface area contributed by atoms with Gasteiger partial charge >= 0.3 is 0 Å². The summed E-state index contributed by atoms with van der Waals surface area (Å²) in [7, 11) is 0. The van der Waals surface area contributed by atoms with Crippen LogP contribution in [0.25, 0.3) is 0 Å². The normalized spacial score (nSPS) is 44.1. The molecular weight excluding hydrogens is 372 g/mol. The van der Waals surface area contributed by atoms with Crippen LogP contribution >= 0.6 is 47.8 Å². The zero-order chi connectivity index (χ0) is 9.92. The average molecular weight is 381 g/mol. The molecule has 0 saturated heterocycles. The first kappa shape index (κ1) is 9.86. The molecule has 1 aromatic rings. The van der Waals surface area contributed by atoms with Crippen LogP contribution in [0.15, 0.2) is 24.3 Å². The predicted molar refractivity (Wildman–Crippen MR) is 69.8 cm³/mol. The lowest BCUT2D eigenvalue weighted by atomic mass is 9.92. The molecule has 0 heterocycles. The number of alkyl halides is 3. The van der Waals surface area contributed by atoms with Gasteiger partial charge in [0.15, 0.2) is 0 Å². The van der Waals surface area contributed by atoms with Gasteiger partial charge in [0.2, 0.25) is 0 Å². The van der Waals surface area contributed by atoms with Crippen LogP contribution in [-0.2, 0) is 4.32 Å². The van der Waals surface area contributed by atoms with Crippen LogP contribution in [0, 0.1) is 0 Å². The van der Waals surface area contributed by atoms with Crippen LogP contribution in [0.5, 0.6) is 0 Å². The molecule has 14 heavy (non-hydrogen) atoms. The molecule has 2 aliphatic rings. The van der Waals surface area contributed by atoms with E-state index < -0.39 is 0 Å². The third kappa shape index (κ3) is 1.04. The SMILES string of the molecule is BrC1C2CC(Br)(c3ccccc32)C1Br. The van der Waals surface area contributed by atoms with Gasteiger partial charge in [0.1, 0.15) is 0 Å². The Morgan fingerprint density at radius 3 is 2.71 bits per heavy atom. The summed E-state index contributed by atoms with van der Waals surface area (Å²) in [4.78, 5) is 1.05. The maximum absolute atomic E-state index is 3.91. The molecule has 4 unspecified atom stereocenters. The molecule has 3 rings (SSSR count). The lowest BCUT2D eigenvalue weighted by Gasteiger charge is -2.30. The fourth-order valence-electron chi connectivity index (χ4n) is 2.74. The Labute approximate surface area is 109 Å². The summed E-state index contributed by atoms with van der Waals surface area (Å²) < 4.78 is 0.155. The first-order valence-corrected chi connectivity index (χ1v) is 7.33. The van der Waals surface area contributed by atoms with E-state index in [9.17, 15) is 0 Å². The third-order valence-electron chi connectivity index (χ3n) is 3.43. The van der Waals surface area contributed by atoms with Crippen molar-refractivity contribution in [1.82, 2.24) is 0 Å². The minimum atomic E-state index is 0.155. The van der Waals surface area contributed by atoms with E-state index in [2.05, 4.69) is 72.1 Å². The average Bonchev–Trinajstić information content (AvgIpc) is 2.62. The molecule has 4 atom stereocenters.